The number of carbonyl (C=O) groups excluding carboxylic acids is 1. The van der Waals surface area contributed by atoms with E-state index in [2.05, 4.69) is 12.2 Å². The Morgan fingerprint density at radius 1 is 1.10 bits per heavy atom. The van der Waals surface area contributed by atoms with Crippen LogP contribution >= 0.6 is 0 Å². The van der Waals surface area contributed by atoms with Crippen LogP contribution in [0.2, 0.25) is 0 Å². The molecule has 3 atom stereocenters. The Kier molecular flexibility index (Phi) is 8.20. The molecule has 0 spiro atoms. The predicted octanol–water partition coefficient (Wildman–Crippen LogP) is 3.62. The molecule has 0 radical (unpaired) electrons. The highest BCUT2D eigenvalue weighted by molar-refractivity contribution is 5.78. The molecule has 1 amide bonds. The van der Waals surface area contributed by atoms with Crippen molar-refractivity contribution in [2.45, 2.75) is 90.6 Å². The van der Waals surface area contributed by atoms with Gasteiger partial charge in [-0.05, 0) is 45.4 Å². The van der Waals surface area contributed by atoms with E-state index in [1.54, 1.807) is 0 Å². The Bertz CT molecular complexity index is 270. The molecule has 0 aromatic rings. The van der Waals surface area contributed by atoms with Gasteiger partial charge < -0.3 is 11.1 Å². The van der Waals surface area contributed by atoms with Crippen molar-refractivity contribution in [3.63, 3.8) is 0 Å². The summed E-state index contributed by atoms with van der Waals surface area (Å²) in [7, 11) is 0. The van der Waals surface area contributed by atoms with Gasteiger partial charge >= 0.3 is 0 Å². The highest BCUT2D eigenvalue weighted by Crippen LogP contribution is 2.25. The highest BCUT2D eigenvalue weighted by Gasteiger charge is 2.22. The van der Waals surface area contributed by atoms with E-state index in [1.165, 1.54) is 38.5 Å². The molecule has 0 saturated heterocycles. The molecule has 0 aliphatic heterocycles. The molecule has 3 N–H and O–H groups in total. The Balaban J connectivity index is 2.28. The zero-order chi connectivity index (χ0) is 15.0. The van der Waals surface area contributed by atoms with E-state index in [-0.39, 0.29) is 17.9 Å². The minimum absolute atomic E-state index is 0.113. The molecular formula is C17H34N2O. The van der Waals surface area contributed by atoms with E-state index >= 15 is 0 Å². The normalized spacial score (nSPS) is 21.8. The monoisotopic (exact) mass is 282 g/mol. The van der Waals surface area contributed by atoms with Crippen LogP contribution in [-0.2, 0) is 4.79 Å². The van der Waals surface area contributed by atoms with Crippen LogP contribution in [0.4, 0.5) is 0 Å². The van der Waals surface area contributed by atoms with Crippen LogP contribution in [0.25, 0.3) is 0 Å². The number of nitrogens with one attached hydrogen (secondary N) is 1. The average Bonchev–Trinajstić information content (AvgIpc) is 2.66. The van der Waals surface area contributed by atoms with Gasteiger partial charge in [0, 0.05) is 18.0 Å². The Labute approximate surface area is 125 Å². The Morgan fingerprint density at radius 3 is 2.25 bits per heavy atom. The fraction of sp³-hybridized carbons (Fsp3) is 0.941. The first-order valence-electron chi connectivity index (χ1n) is 8.56. The molecule has 0 bridgehead atoms. The van der Waals surface area contributed by atoms with Crippen molar-refractivity contribution in [2.24, 2.45) is 17.6 Å². The summed E-state index contributed by atoms with van der Waals surface area (Å²) in [6.07, 6.45) is 10.9. The molecule has 0 aromatic heterocycles. The summed E-state index contributed by atoms with van der Waals surface area (Å²) in [6, 6.07) is 0.576. The molecule has 1 aliphatic rings. The third-order valence-corrected chi connectivity index (χ3v) is 4.72. The van der Waals surface area contributed by atoms with E-state index in [9.17, 15) is 4.79 Å². The standard InChI is InChI=1S/C17H34N2O/c1-13(9-8-10-14(2)18)17(20)19-15(3)16-11-6-4-5-7-12-16/h13-16H,4-12,18H2,1-3H3,(H,19,20)/t13?,14?,15-/m0/s1. The zero-order valence-corrected chi connectivity index (χ0v) is 13.7. The summed E-state index contributed by atoms with van der Waals surface area (Å²) in [5, 5.41) is 3.25. The molecule has 118 valence electrons. The number of carbonyl (C=O) groups is 1. The third kappa shape index (κ3) is 6.74. The van der Waals surface area contributed by atoms with Gasteiger partial charge in [0.25, 0.3) is 0 Å². The lowest BCUT2D eigenvalue weighted by Gasteiger charge is -2.25. The predicted molar refractivity (Wildman–Crippen MR) is 85.5 cm³/mol. The molecule has 1 saturated carbocycles. The smallest absolute Gasteiger partial charge is 0.223 e. The molecule has 3 heteroatoms. The van der Waals surface area contributed by atoms with Crippen LogP contribution in [0, 0.1) is 11.8 Å². The first-order valence-corrected chi connectivity index (χ1v) is 8.56. The molecule has 1 aliphatic carbocycles. The van der Waals surface area contributed by atoms with Gasteiger partial charge in [-0.25, -0.2) is 0 Å². The second kappa shape index (κ2) is 9.38. The maximum atomic E-state index is 12.2. The fourth-order valence-corrected chi connectivity index (χ4v) is 3.17. The van der Waals surface area contributed by atoms with E-state index in [4.69, 9.17) is 5.73 Å². The topological polar surface area (TPSA) is 55.1 Å². The first kappa shape index (κ1) is 17.5. The van der Waals surface area contributed by atoms with Crippen molar-refractivity contribution in [3.8, 4) is 0 Å². The van der Waals surface area contributed by atoms with Gasteiger partial charge in [-0.1, -0.05) is 39.0 Å². The van der Waals surface area contributed by atoms with Crippen LogP contribution in [-0.4, -0.2) is 18.0 Å². The maximum absolute atomic E-state index is 12.2. The lowest BCUT2D eigenvalue weighted by atomic mass is 9.92. The van der Waals surface area contributed by atoms with E-state index < -0.39 is 0 Å². The maximum Gasteiger partial charge on any atom is 0.223 e. The van der Waals surface area contributed by atoms with Crippen molar-refractivity contribution in [1.29, 1.82) is 0 Å². The van der Waals surface area contributed by atoms with Crippen molar-refractivity contribution >= 4 is 5.91 Å². The van der Waals surface area contributed by atoms with Crippen LogP contribution in [0.1, 0.15) is 78.6 Å². The van der Waals surface area contributed by atoms with Gasteiger partial charge in [-0.15, -0.1) is 0 Å². The van der Waals surface area contributed by atoms with E-state index in [0.29, 0.717) is 12.0 Å². The molecule has 20 heavy (non-hydrogen) atoms. The second-order valence-electron chi connectivity index (χ2n) is 6.86. The molecule has 1 rings (SSSR count). The van der Waals surface area contributed by atoms with Crippen LogP contribution in [0.5, 0.6) is 0 Å². The average molecular weight is 282 g/mol. The lowest BCUT2D eigenvalue weighted by Crippen LogP contribution is -2.40. The summed E-state index contributed by atoms with van der Waals surface area (Å²) < 4.78 is 0. The molecular weight excluding hydrogens is 248 g/mol. The summed E-state index contributed by atoms with van der Waals surface area (Å²) in [4.78, 5) is 12.2. The van der Waals surface area contributed by atoms with E-state index in [1.807, 2.05) is 13.8 Å². The van der Waals surface area contributed by atoms with Gasteiger partial charge in [0.05, 0.1) is 0 Å². The van der Waals surface area contributed by atoms with Crippen LogP contribution in [0.15, 0.2) is 0 Å². The molecule has 3 nitrogen and oxygen atoms in total. The Hall–Kier alpha value is -0.570. The quantitative estimate of drug-likeness (QED) is 0.701. The van der Waals surface area contributed by atoms with Crippen molar-refractivity contribution in [1.82, 2.24) is 5.32 Å². The largest absolute Gasteiger partial charge is 0.353 e. The fourth-order valence-electron chi connectivity index (χ4n) is 3.17. The molecule has 0 aromatic carbocycles. The van der Waals surface area contributed by atoms with Gasteiger partial charge in [0.2, 0.25) is 5.91 Å². The first-order chi connectivity index (χ1) is 9.50. The number of amides is 1. The van der Waals surface area contributed by atoms with Crippen molar-refractivity contribution in [2.75, 3.05) is 0 Å². The number of hydrogen-bond donors (Lipinski definition) is 2. The Morgan fingerprint density at radius 2 is 1.70 bits per heavy atom. The van der Waals surface area contributed by atoms with Gasteiger partial charge in [0.1, 0.15) is 0 Å². The van der Waals surface area contributed by atoms with Gasteiger partial charge in [0.15, 0.2) is 0 Å². The van der Waals surface area contributed by atoms with Gasteiger partial charge in [-0.3, -0.25) is 4.79 Å². The number of rotatable bonds is 7. The second-order valence-corrected chi connectivity index (χ2v) is 6.86. The van der Waals surface area contributed by atoms with Gasteiger partial charge in [-0.2, -0.15) is 0 Å². The number of nitrogens with two attached hydrogens (primary N) is 1. The minimum Gasteiger partial charge on any atom is -0.353 e. The lowest BCUT2D eigenvalue weighted by molar-refractivity contribution is -0.125. The van der Waals surface area contributed by atoms with Crippen molar-refractivity contribution in [3.05, 3.63) is 0 Å². The summed E-state index contributed by atoms with van der Waals surface area (Å²) in [6.45, 7) is 6.25. The minimum atomic E-state index is 0.113. The SMILES string of the molecule is CC(N)CCCC(C)C(=O)N[C@@H](C)C1CCCCCC1. The summed E-state index contributed by atoms with van der Waals surface area (Å²) >= 11 is 0. The molecule has 0 heterocycles. The zero-order valence-electron chi connectivity index (χ0n) is 13.7. The summed E-state index contributed by atoms with van der Waals surface area (Å²) in [5.41, 5.74) is 5.75. The van der Waals surface area contributed by atoms with Crippen LogP contribution in [0.3, 0.4) is 0 Å². The molecule has 1 fully saturated rings. The molecule has 2 unspecified atom stereocenters. The summed E-state index contributed by atoms with van der Waals surface area (Å²) in [5.74, 6) is 1.02. The van der Waals surface area contributed by atoms with Crippen molar-refractivity contribution < 1.29 is 4.79 Å². The third-order valence-electron chi connectivity index (χ3n) is 4.72. The van der Waals surface area contributed by atoms with Crippen LogP contribution < -0.4 is 11.1 Å². The highest BCUT2D eigenvalue weighted by atomic mass is 16.1. The van der Waals surface area contributed by atoms with E-state index in [0.717, 1.165) is 19.3 Å². The number of hydrogen-bond acceptors (Lipinski definition) is 2.